The van der Waals surface area contributed by atoms with Crippen molar-refractivity contribution in [3.63, 3.8) is 0 Å². The Bertz CT molecular complexity index is 325. The van der Waals surface area contributed by atoms with Crippen molar-refractivity contribution in [2.75, 3.05) is 0 Å². The van der Waals surface area contributed by atoms with Crippen LogP contribution in [0.1, 0.15) is 31.6 Å². The Hall–Kier alpha value is -1.12. The molecule has 64 valence electrons. The minimum atomic E-state index is -0.0926. The van der Waals surface area contributed by atoms with Gasteiger partial charge in [-0.05, 0) is 0 Å². The van der Waals surface area contributed by atoms with Gasteiger partial charge in [-0.2, -0.15) is 0 Å². The van der Waals surface area contributed by atoms with E-state index in [0.717, 1.165) is 11.3 Å². The molecule has 0 fully saturated rings. The van der Waals surface area contributed by atoms with Gasteiger partial charge in [-0.1, -0.05) is 19.0 Å². The van der Waals surface area contributed by atoms with E-state index in [4.69, 9.17) is 4.52 Å². The fourth-order valence-corrected chi connectivity index (χ4v) is 1.77. The Labute approximate surface area is 70.7 Å². The van der Waals surface area contributed by atoms with Gasteiger partial charge in [-0.3, -0.25) is 4.79 Å². The SMILES string of the molecule is CC1(C)CC(=O)Cc2oncc21. The fourth-order valence-electron chi connectivity index (χ4n) is 1.77. The van der Waals surface area contributed by atoms with Crippen LogP contribution in [0.25, 0.3) is 0 Å². The second-order valence-corrected chi connectivity index (χ2v) is 3.94. The summed E-state index contributed by atoms with van der Waals surface area (Å²) in [6.45, 7) is 4.08. The van der Waals surface area contributed by atoms with E-state index in [1.165, 1.54) is 0 Å². The largest absolute Gasteiger partial charge is 0.361 e. The van der Waals surface area contributed by atoms with Crippen LogP contribution in [0.15, 0.2) is 10.7 Å². The molecule has 0 atom stereocenters. The van der Waals surface area contributed by atoms with Gasteiger partial charge in [-0.15, -0.1) is 0 Å². The smallest absolute Gasteiger partial charge is 0.147 e. The maximum Gasteiger partial charge on any atom is 0.147 e. The van der Waals surface area contributed by atoms with E-state index in [-0.39, 0.29) is 11.2 Å². The summed E-state index contributed by atoms with van der Waals surface area (Å²) < 4.78 is 4.99. The highest BCUT2D eigenvalue weighted by molar-refractivity contribution is 5.84. The van der Waals surface area contributed by atoms with Crippen molar-refractivity contribution in [2.45, 2.75) is 32.1 Å². The molecular formula is C9H11NO2. The van der Waals surface area contributed by atoms with E-state index in [9.17, 15) is 4.79 Å². The summed E-state index contributed by atoms with van der Waals surface area (Å²) in [6.07, 6.45) is 2.74. The molecule has 12 heavy (non-hydrogen) atoms. The van der Waals surface area contributed by atoms with Crippen LogP contribution in [0, 0.1) is 0 Å². The Kier molecular flexibility index (Phi) is 1.37. The number of carbonyl (C=O) groups excluding carboxylic acids is 1. The highest BCUT2D eigenvalue weighted by atomic mass is 16.5. The molecule has 1 aromatic rings. The molecule has 0 aliphatic heterocycles. The lowest BCUT2D eigenvalue weighted by atomic mass is 9.75. The summed E-state index contributed by atoms with van der Waals surface area (Å²) in [6, 6.07) is 0. The molecule has 1 aromatic heterocycles. The van der Waals surface area contributed by atoms with Crippen LogP contribution < -0.4 is 0 Å². The lowest BCUT2D eigenvalue weighted by Crippen LogP contribution is -2.28. The van der Waals surface area contributed by atoms with E-state index in [1.807, 2.05) is 13.8 Å². The van der Waals surface area contributed by atoms with Crippen LogP contribution in [0.3, 0.4) is 0 Å². The highest BCUT2D eigenvalue weighted by Gasteiger charge is 2.34. The molecule has 0 unspecified atom stereocenters. The van der Waals surface area contributed by atoms with Gasteiger partial charge >= 0.3 is 0 Å². The van der Waals surface area contributed by atoms with E-state index >= 15 is 0 Å². The van der Waals surface area contributed by atoms with Gasteiger partial charge in [0.05, 0.1) is 12.6 Å². The van der Waals surface area contributed by atoms with Crippen LogP contribution >= 0.6 is 0 Å². The predicted molar refractivity (Wildman–Crippen MR) is 42.9 cm³/mol. The van der Waals surface area contributed by atoms with E-state index < -0.39 is 0 Å². The molecule has 0 amide bonds. The number of hydrogen-bond donors (Lipinski definition) is 0. The molecule has 0 saturated carbocycles. The normalized spacial score (nSPS) is 20.7. The first-order chi connectivity index (χ1) is 5.59. The average Bonchev–Trinajstić information content (AvgIpc) is 2.32. The standard InChI is InChI=1S/C9H11NO2/c1-9(2)4-6(11)3-8-7(9)5-10-12-8/h5H,3-4H2,1-2H3. The number of rotatable bonds is 0. The van der Waals surface area contributed by atoms with Crippen molar-refractivity contribution >= 4 is 5.78 Å². The third-order valence-electron chi connectivity index (χ3n) is 2.37. The van der Waals surface area contributed by atoms with Gasteiger partial charge in [-0.25, -0.2) is 0 Å². The second kappa shape index (κ2) is 2.19. The fraction of sp³-hybridized carbons (Fsp3) is 0.556. The molecule has 0 aromatic carbocycles. The number of ketones is 1. The van der Waals surface area contributed by atoms with Crippen molar-refractivity contribution in [1.82, 2.24) is 5.16 Å². The predicted octanol–water partition coefficient (Wildman–Crippen LogP) is 1.47. The highest BCUT2D eigenvalue weighted by Crippen LogP contribution is 2.34. The Balaban J connectivity index is 2.52. The zero-order chi connectivity index (χ0) is 8.77. The number of fused-ring (bicyclic) bond motifs is 1. The summed E-state index contributed by atoms with van der Waals surface area (Å²) in [5.74, 6) is 0.987. The van der Waals surface area contributed by atoms with E-state index in [1.54, 1.807) is 6.20 Å². The molecule has 0 saturated heterocycles. The Morgan fingerprint density at radius 1 is 1.58 bits per heavy atom. The molecule has 0 bridgehead atoms. The molecule has 0 radical (unpaired) electrons. The van der Waals surface area contributed by atoms with Crippen LogP contribution in [-0.4, -0.2) is 10.9 Å². The molecule has 3 nitrogen and oxygen atoms in total. The third kappa shape index (κ3) is 0.967. The average molecular weight is 165 g/mol. The maximum absolute atomic E-state index is 11.3. The first kappa shape index (κ1) is 7.53. The number of aromatic nitrogens is 1. The van der Waals surface area contributed by atoms with Gasteiger partial charge in [0, 0.05) is 17.4 Å². The molecule has 1 aliphatic carbocycles. The van der Waals surface area contributed by atoms with Crippen molar-refractivity contribution in [3.8, 4) is 0 Å². The first-order valence-corrected chi connectivity index (χ1v) is 4.05. The summed E-state index contributed by atoms with van der Waals surface area (Å²) in [4.78, 5) is 11.3. The van der Waals surface area contributed by atoms with Crippen molar-refractivity contribution in [2.24, 2.45) is 0 Å². The Morgan fingerprint density at radius 2 is 2.33 bits per heavy atom. The van der Waals surface area contributed by atoms with Gasteiger partial charge in [0.25, 0.3) is 0 Å². The van der Waals surface area contributed by atoms with Crippen LogP contribution in [0.4, 0.5) is 0 Å². The lowest BCUT2D eigenvalue weighted by Gasteiger charge is -2.26. The molecule has 2 rings (SSSR count). The summed E-state index contributed by atoms with van der Waals surface area (Å²) in [5.41, 5.74) is 0.993. The van der Waals surface area contributed by atoms with Gasteiger partial charge < -0.3 is 4.52 Å². The number of nitrogens with zero attached hydrogens (tertiary/aromatic N) is 1. The van der Waals surface area contributed by atoms with Gasteiger partial charge in [0.15, 0.2) is 0 Å². The van der Waals surface area contributed by atoms with E-state index in [0.29, 0.717) is 12.8 Å². The third-order valence-corrected chi connectivity index (χ3v) is 2.37. The zero-order valence-electron chi connectivity index (χ0n) is 7.26. The lowest BCUT2D eigenvalue weighted by molar-refractivity contribution is -0.120. The van der Waals surface area contributed by atoms with Crippen LogP contribution in [0.5, 0.6) is 0 Å². The van der Waals surface area contributed by atoms with Crippen LogP contribution in [-0.2, 0) is 16.6 Å². The second-order valence-electron chi connectivity index (χ2n) is 3.94. The zero-order valence-corrected chi connectivity index (χ0v) is 7.26. The molecule has 1 heterocycles. The molecule has 0 N–H and O–H groups in total. The monoisotopic (exact) mass is 165 g/mol. The maximum atomic E-state index is 11.3. The molecule has 0 spiro atoms. The minimum absolute atomic E-state index is 0.0926. The summed E-state index contributed by atoms with van der Waals surface area (Å²) in [7, 11) is 0. The van der Waals surface area contributed by atoms with Crippen molar-refractivity contribution in [1.29, 1.82) is 0 Å². The minimum Gasteiger partial charge on any atom is -0.361 e. The first-order valence-electron chi connectivity index (χ1n) is 4.05. The summed E-state index contributed by atoms with van der Waals surface area (Å²) >= 11 is 0. The number of carbonyl (C=O) groups is 1. The topological polar surface area (TPSA) is 43.1 Å². The van der Waals surface area contributed by atoms with E-state index in [2.05, 4.69) is 5.16 Å². The van der Waals surface area contributed by atoms with Gasteiger partial charge in [0.1, 0.15) is 11.5 Å². The molecule has 3 heteroatoms. The number of Topliss-reactive ketones (excluding diaryl/α,β-unsaturated/α-hetero) is 1. The molecule has 1 aliphatic rings. The van der Waals surface area contributed by atoms with Gasteiger partial charge in [0.2, 0.25) is 0 Å². The quantitative estimate of drug-likeness (QED) is 0.584. The van der Waals surface area contributed by atoms with Crippen molar-refractivity contribution in [3.05, 3.63) is 17.5 Å². The molecular weight excluding hydrogens is 154 g/mol. The van der Waals surface area contributed by atoms with Crippen molar-refractivity contribution < 1.29 is 9.32 Å². The van der Waals surface area contributed by atoms with Crippen LogP contribution in [0.2, 0.25) is 0 Å². The summed E-state index contributed by atoms with van der Waals surface area (Å²) in [5, 5.41) is 3.71. The number of hydrogen-bond acceptors (Lipinski definition) is 3. The Morgan fingerprint density at radius 3 is 3.08 bits per heavy atom.